The summed E-state index contributed by atoms with van der Waals surface area (Å²) in [5.41, 5.74) is 0.693. The molecule has 8 nitrogen and oxygen atoms in total. The van der Waals surface area contributed by atoms with Crippen LogP contribution in [0.5, 0.6) is 0 Å². The number of hydrogen-bond donors (Lipinski definition) is 5. The van der Waals surface area contributed by atoms with Gasteiger partial charge in [0.25, 0.3) is 0 Å². The van der Waals surface area contributed by atoms with Crippen molar-refractivity contribution in [3.63, 3.8) is 0 Å². The van der Waals surface area contributed by atoms with Crippen LogP contribution < -0.4 is 0 Å². The summed E-state index contributed by atoms with van der Waals surface area (Å²) >= 11 is 0. The maximum atomic E-state index is 9.87. The second kappa shape index (κ2) is 6.14. The fourth-order valence-electron chi connectivity index (χ4n) is 1.71. The average Bonchev–Trinajstić information content (AvgIpc) is 3.12. The first-order valence-corrected chi connectivity index (χ1v) is 6.22. The standard InChI is InChI=1S/C12H17N3O5/c1-2-6-3-7(15-20-6)12-13-4-8(14-12)10(18)11(19)9(17)5-16/h3-4,9-11,16-19H,2,5H2,1H3,(H,13,14). The van der Waals surface area contributed by atoms with Gasteiger partial charge in [-0.15, -0.1) is 0 Å². The highest BCUT2D eigenvalue weighted by molar-refractivity contribution is 5.49. The van der Waals surface area contributed by atoms with E-state index in [4.69, 9.17) is 9.63 Å². The zero-order chi connectivity index (χ0) is 14.7. The Morgan fingerprint density at radius 2 is 2.10 bits per heavy atom. The van der Waals surface area contributed by atoms with Gasteiger partial charge < -0.3 is 29.9 Å². The molecule has 0 aromatic carbocycles. The SMILES string of the molecule is CCc1cc(-c2ncc(C(O)C(O)C(O)CO)[nH]2)no1. The summed E-state index contributed by atoms with van der Waals surface area (Å²) in [6, 6.07) is 1.72. The largest absolute Gasteiger partial charge is 0.394 e. The summed E-state index contributed by atoms with van der Waals surface area (Å²) in [7, 11) is 0. The lowest BCUT2D eigenvalue weighted by atomic mass is 10.1. The molecule has 2 heterocycles. The molecule has 110 valence electrons. The quantitative estimate of drug-likeness (QED) is 0.476. The number of aromatic amines is 1. The fourth-order valence-corrected chi connectivity index (χ4v) is 1.71. The van der Waals surface area contributed by atoms with Crippen molar-refractivity contribution in [2.75, 3.05) is 6.61 Å². The van der Waals surface area contributed by atoms with Crippen molar-refractivity contribution in [2.24, 2.45) is 0 Å². The van der Waals surface area contributed by atoms with Gasteiger partial charge in [0.15, 0.2) is 5.82 Å². The maximum Gasteiger partial charge on any atom is 0.159 e. The van der Waals surface area contributed by atoms with Gasteiger partial charge in [0.05, 0.1) is 18.5 Å². The van der Waals surface area contributed by atoms with Crippen LogP contribution in [0.2, 0.25) is 0 Å². The molecule has 8 heteroatoms. The highest BCUT2D eigenvalue weighted by atomic mass is 16.5. The first-order valence-electron chi connectivity index (χ1n) is 6.22. The zero-order valence-corrected chi connectivity index (χ0v) is 10.9. The molecule has 2 aromatic rings. The third kappa shape index (κ3) is 2.88. The Bertz CT molecular complexity index is 553. The Morgan fingerprint density at radius 1 is 1.35 bits per heavy atom. The Kier molecular flexibility index (Phi) is 4.50. The Morgan fingerprint density at radius 3 is 2.70 bits per heavy atom. The minimum absolute atomic E-state index is 0.209. The molecule has 2 aromatic heterocycles. The van der Waals surface area contributed by atoms with Crippen LogP contribution in [-0.2, 0) is 6.42 Å². The summed E-state index contributed by atoms with van der Waals surface area (Å²) in [4.78, 5) is 6.82. The van der Waals surface area contributed by atoms with E-state index in [-0.39, 0.29) is 5.69 Å². The smallest absolute Gasteiger partial charge is 0.159 e. The van der Waals surface area contributed by atoms with E-state index in [1.807, 2.05) is 6.92 Å². The van der Waals surface area contributed by atoms with Crippen LogP contribution >= 0.6 is 0 Å². The molecule has 0 aliphatic heterocycles. The number of aliphatic hydroxyl groups excluding tert-OH is 4. The zero-order valence-electron chi connectivity index (χ0n) is 10.9. The first kappa shape index (κ1) is 14.7. The van der Waals surface area contributed by atoms with Crippen molar-refractivity contribution in [1.29, 1.82) is 0 Å². The average molecular weight is 283 g/mol. The van der Waals surface area contributed by atoms with Crippen LogP contribution in [0.1, 0.15) is 24.5 Å². The Labute approximate surface area is 114 Å². The van der Waals surface area contributed by atoms with E-state index in [9.17, 15) is 15.3 Å². The molecule has 0 aliphatic rings. The minimum Gasteiger partial charge on any atom is -0.394 e. The van der Waals surface area contributed by atoms with E-state index in [0.717, 1.165) is 0 Å². The lowest BCUT2D eigenvalue weighted by molar-refractivity contribution is -0.0788. The van der Waals surface area contributed by atoms with Crippen LogP contribution in [0, 0.1) is 0 Å². The molecule has 0 saturated carbocycles. The molecule has 0 bridgehead atoms. The van der Waals surface area contributed by atoms with E-state index in [1.54, 1.807) is 6.07 Å². The van der Waals surface area contributed by atoms with Crippen LogP contribution in [0.15, 0.2) is 16.8 Å². The van der Waals surface area contributed by atoms with Gasteiger partial charge in [0.2, 0.25) is 0 Å². The van der Waals surface area contributed by atoms with Gasteiger partial charge in [-0.25, -0.2) is 4.98 Å². The van der Waals surface area contributed by atoms with Gasteiger partial charge in [-0.3, -0.25) is 0 Å². The third-order valence-corrected chi connectivity index (χ3v) is 2.97. The molecule has 2 rings (SSSR count). The second-order valence-electron chi connectivity index (χ2n) is 4.40. The molecular weight excluding hydrogens is 266 g/mol. The van der Waals surface area contributed by atoms with Gasteiger partial charge in [-0.2, -0.15) is 0 Å². The van der Waals surface area contributed by atoms with Crippen molar-refractivity contribution in [1.82, 2.24) is 15.1 Å². The van der Waals surface area contributed by atoms with E-state index in [2.05, 4.69) is 15.1 Å². The summed E-state index contributed by atoms with van der Waals surface area (Å²) in [5.74, 6) is 1.09. The lowest BCUT2D eigenvalue weighted by Crippen LogP contribution is -2.34. The van der Waals surface area contributed by atoms with Gasteiger partial charge in [-0.1, -0.05) is 12.1 Å². The van der Waals surface area contributed by atoms with E-state index in [1.165, 1.54) is 6.20 Å². The van der Waals surface area contributed by atoms with Crippen molar-refractivity contribution in [3.05, 3.63) is 23.7 Å². The van der Waals surface area contributed by atoms with Gasteiger partial charge in [0, 0.05) is 12.5 Å². The molecule has 0 aliphatic carbocycles. The number of aromatic nitrogens is 3. The predicted molar refractivity (Wildman–Crippen MR) is 67.5 cm³/mol. The summed E-state index contributed by atoms with van der Waals surface area (Å²) in [6.45, 7) is 1.27. The molecule has 0 spiro atoms. The lowest BCUT2D eigenvalue weighted by Gasteiger charge is -2.20. The number of imidazole rings is 1. The number of hydrogen-bond acceptors (Lipinski definition) is 7. The molecule has 0 fully saturated rings. The fraction of sp³-hybridized carbons (Fsp3) is 0.500. The highest BCUT2D eigenvalue weighted by Crippen LogP contribution is 2.21. The topological polar surface area (TPSA) is 136 Å². The number of nitrogens with zero attached hydrogens (tertiary/aromatic N) is 2. The molecule has 0 amide bonds. The molecule has 0 saturated heterocycles. The second-order valence-corrected chi connectivity index (χ2v) is 4.40. The van der Waals surface area contributed by atoms with Crippen LogP contribution in [0.25, 0.3) is 11.5 Å². The summed E-state index contributed by atoms with van der Waals surface area (Å²) in [5, 5.41) is 41.3. The van der Waals surface area contributed by atoms with Crippen molar-refractivity contribution < 1.29 is 24.9 Å². The third-order valence-electron chi connectivity index (χ3n) is 2.97. The summed E-state index contributed by atoms with van der Waals surface area (Å²) < 4.78 is 5.05. The number of H-pyrrole nitrogens is 1. The van der Waals surface area contributed by atoms with Crippen LogP contribution in [0.4, 0.5) is 0 Å². The highest BCUT2D eigenvalue weighted by Gasteiger charge is 2.27. The monoisotopic (exact) mass is 283 g/mol. The molecule has 5 N–H and O–H groups in total. The van der Waals surface area contributed by atoms with Crippen LogP contribution in [-0.4, -0.2) is 54.4 Å². The van der Waals surface area contributed by atoms with Crippen molar-refractivity contribution in [2.45, 2.75) is 31.7 Å². The van der Waals surface area contributed by atoms with Gasteiger partial charge >= 0.3 is 0 Å². The molecule has 0 radical (unpaired) electrons. The molecular formula is C12H17N3O5. The maximum absolute atomic E-state index is 9.87. The molecule has 3 atom stereocenters. The van der Waals surface area contributed by atoms with E-state index in [0.29, 0.717) is 23.7 Å². The Hall–Kier alpha value is -1.74. The number of aryl methyl sites for hydroxylation is 1. The van der Waals surface area contributed by atoms with Gasteiger partial charge in [-0.05, 0) is 0 Å². The van der Waals surface area contributed by atoms with Gasteiger partial charge in [0.1, 0.15) is 29.8 Å². The number of nitrogens with one attached hydrogen (secondary N) is 1. The predicted octanol–water partition coefficient (Wildman–Crippen LogP) is -0.625. The number of aliphatic hydroxyl groups is 4. The van der Waals surface area contributed by atoms with Crippen LogP contribution in [0.3, 0.4) is 0 Å². The van der Waals surface area contributed by atoms with Crippen molar-refractivity contribution in [3.8, 4) is 11.5 Å². The first-order chi connectivity index (χ1) is 9.56. The number of rotatable bonds is 6. The van der Waals surface area contributed by atoms with E-state index >= 15 is 0 Å². The molecule has 20 heavy (non-hydrogen) atoms. The van der Waals surface area contributed by atoms with Crippen molar-refractivity contribution >= 4 is 0 Å². The Balaban J connectivity index is 2.16. The molecule has 3 unspecified atom stereocenters. The van der Waals surface area contributed by atoms with E-state index < -0.39 is 24.9 Å². The minimum atomic E-state index is -1.52. The normalized spacial score (nSPS) is 16.1. The summed E-state index contributed by atoms with van der Waals surface area (Å²) in [6.07, 6.45) is -2.32.